The van der Waals surface area contributed by atoms with Crippen molar-refractivity contribution in [2.24, 2.45) is 0 Å². The van der Waals surface area contributed by atoms with Gasteiger partial charge in [0.1, 0.15) is 0 Å². The van der Waals surface area contributed by atoms with Crippen LogP contribution < -0.4 is 4.90 Å². The van der Waals surface area contributed by atoms with Crippen LogP contribution in [0.1, 0.15) is 18.4 Å². The van der Waals surface area contributed by atoms with E-state index in [0.717, 1.165) is 25.8 Å². The molecule has 0 aliphatic carbocycles. The molecule has 1 aromatic carbocycles. The van der Waals surface area contributed by atoms with Crippen molar-refractivity contribution in [2.45, 2.75) is 25.3 Å². The van der Waals surface area contributed by atoms with Gasteiger partial charge in [0.05, 0.1) is 0 Å². The Morgan fingerprint density at radius 1 is 1.26 bits per heavy atom. The molecular weight excluding hydrogens is 355 g/mol. The molecular formula is C14H17IN2O2. The van der Waals surface area contributed by atoms with E-state index in [2.05, 4.69) is 45.7 Å². The van der Waals surface area contributed by atoms with Crippen LogP contribution in [0.2, 0.25) is 0 Å². The second kappa shape index (κ2) is 5.19. The van der Waals surface area contributed by atoms with Gasteiger partial charge in [-0.05, 0) is 65.6 Å². The maximum atomic E-state index is 10.9. The molecule has 0 radical (unpaired) electrons. The van der Waals surface area contributed by atoms with Gasteiger partial charge in [-0.1, -0.05) is 0 Å². The molecule has 102 valence electrons. The second-order valence-electron chi connectivity index (χ2n) is 5.22. The predicted molar refractivity (Wildman–Crippen MR) is 82.8 cm³/mol. The van der Waals surface area contributed by atoms with Crippen LogP contribution in [0.15, 0.2) is 18.2 Å². The number of carboxylic acid groups (broad SMARTS) is 1. The van der Waals surface area contributed by atoms with Gasteiger partial charge in [-0.2, -0.15) is 0 Å². The first-order valence-corrected chi connectivity index (χ1v) is 7.76. The van der Waals surface area contributed by atoms with E-state index >= 15 is 0 Å². The fourth-order valence-corrected chi connectivity index (χ4v) is 3.70. The van der Waals surface area contributed by atoms with Gasteiger partial charge in [-0.3, -0.25) is 0 Å². The third-order valence-electron chi connectivity index (χ3n) is 4.15. The molecule has 5 heteroatoms. The predicted octanol–water partition coefficient (Wildman–Crippen LogP) is 2.80. The van der Waals surface area contributed by atoms with Gasteiger partial charge in [-0.15, -0.1) is 0 Å². The van der Waals surface area contributed by atoms with Crippen LogP contribution in [0.25, 0.3) is 0 Å². The topological polar surface area (TPSA) is 43.8 Å². The number of amides is 1. The molecule has 4 nitrogen and oxygen atoms in total. The summed E-state index contributed by atoms with van der Waals surface area (Å²) >= 11 is 2.35. The Bertz CT molecular complexity index is 498. The largest absolute Gasteiger partial charge is 0.465 e. The summed E-state index contributed by atoms with van der Waals surface area (Å²) in [7, 11) is 0. The van der Waals surface area contributed by atoms with Crippen LogP contribution >= 0.6 is 22.6 Å². The Balaban J connectivity index is 1.71. The Labute approximate surface area is 126 Å². The second-order valence-corrected chi connectivity index (χ2v) is 6.46. The van der Waals surface area contributed by atoms with Crippen LogP contribution in [0, 0.1) is 3.57 Å². The van der Waals surface area contributed by atoms with Crippen molar-refractivity contribution in [2.75, 3.05) is 24.5 Å². The first-order valence-electron chi connectivity index (χ1n) is 6.68. The Hall–Kier alpha value is -0.980. The average Bonchev–Trinajstić information content (AvgIpc) is 2.81. The number of benzene rings is 1. The number of likely N-dealkylation sites (tertiary alicyclic amines) is 1. The zero-order valence-corrected chi connectivity index (χ0v) is 12.8. The first kappa shape index (κ1) is 13.0. The zero-order valence-electron chi connectivity index (χ0n) is 10.7. The summed E-state index contributed by atoms with van der Waals surface area (Å²) in [6, 6.07) is 7.14. The molecule has 1 aromatic rings. The van der Waals surface area contributed by atoms with Crippen molar-refractivity contribution in [1.29, 1.82) is 0 Å². The number of piperidine rings is 1. The van der Waals surface area contributed by atoms with Crippen LogP contribution in [-0.2, 0) is 6.42 Å². The molecule has 2 aliphatic rings. The number of fused-ring (bicyclic) bond motifs is 1. The SMILES string of the molecule is O=C(O)N1CCC(N2CCc3cc(I)ccc32)CC1. The quantitative estimate of drug-likeness (QED) is 0.772. The number of hydrogen-bond acceptors (Lipinski definition) is 2. The molecule has 19 heavy (non-hydrogen) atoms. The van der Waals surface area contributed by atoms with Crippen LogP contribution in [0.5, 0.6) is 0 Å². The average molecular weight is 372 g/mol. The lowest BCUT2D eigenvalue weighted by atomic mass is 10.0. The minimum atomic E-state index is -0.783. The van der Waals surface area contributed by atoms with E-state index in [1.54, 1.807) is 0 Å². The third kappa shape index (κ3) is 2.52. The fourth-order valence-electron chi connectivity index (χ4n) is 3.14. The lowest BCUT2D eigenvalue weighted by molar-refractivity contribution is 0.131. The molecule has 0 spiro atoms. The van der Waals surface area contributed by atoms with Crippen molar-refractivity contribution >= 4 is 34.4 Å². The van der Waals surface area contributed by atoms with E-state index in [-0.39, 0.29) is 0 Å². The molecule has 0 atom stereocenters. The molecule has 0 unspecified atom stereocenters. The lowest BCUT2D eigenvalue weighted by Crippen LogP contribution is -2.46. The maximum absolute atomic E-state index is 10.9. The number of hydrogen-bond donors (Lipinski definition) is 1. The Kier molecular flexibility index (Phi) is 3.56. The van der Waals surface area contributed by atoms with Crippen molar-refractivity contribution in [1.82, 2.24) is 4.90 Å². The van der Waals surface area contributed by atoms with Crippen LogP contribution in [0.4, 0.5) is 10.5 Å². The first-order chi connectivity index (χ1) is 9.15. The van der Waals surface area contributed by atoms with Gasteiger partial charge in [-0.25, -0.2) is 4.79 Å². The minimum absolute atomic E-state index is 0.497. The summed E-state index contributed by atoms with van der Waals surface area (Å²) in [6.07, 6.45) is 2.22. The maximum Gasteiger partial charge on any atom is 0.407 e. The van der Waals surface area contributed by atoms with E-state index in [1.807, 2.05) is 0 Å². The van der Waals surface area contributed by atoms with E-state index in [4.69, 9.17) is 5.11 Å². The highest BCUT2D eigenvalue weighted by molar-refractivity contribution is 14.1. The Morgan fingerprint density at radius 2 is 2.00 bits per heavy atom. The van der Waals surface area contributed by atoms with Gasteiger partial charge in [0.2, 0.25) is 0 Å². The van der Waals surface area contributed by atoms with Gasteiger partial charge in [0, 0.05) is 34.9 Å². The van der Waals surface area contributed by atoms with E-state index in [0.29, 0.717) is 19.1 Å². The summed E-state index contributed by atoms with van der Waals surface area (Å²) in [6.45, 7) is 2.40. The van der Waals surface area contributed by atoms with Crippen LogP contribution in [-0.4, -0.2) is 41.8 Å². The molecule has 1 amide bonds. The molecule has 2 aliphatic heterocycles. The summed E-state index contributed by atoms with van der Waals surface area (Å²) in [5.41, 5.74) is 2.79. The van der Waals surface area contributed by atoms with E-state index in [9.17, 15) is 4.79 Å². The molecule has 2 heterocycles. The minimum Gasteiger partial charge on any atom is -0.465 e. The standard InChI is InChI=1S/C14H17IN2O2/c15-11-1-2-13-10(9-11)3-8-17(13)12-4-6-16(7-5-12)14(18)19/h1-2,9,12H,3-8H2,(H,18,19). The molecule has 3 rings (SSSR count). The van der Waals surface area contributed by atoms with Gasteiger partial charge < -0.3 is 14.9 Å². The zero-order chi connectivity index (χ0) is 13.4. The normalized spacial score (nSPS) is 19.6. The van der Waals surface area contributed by atoms with Crippen molar-refractivity contribution in [3.05, 3.63) is 27.3 Å². The summed E-state index contributed by atoms with van der Waals surface area (Å²) in [5, 5.41) is 8.99. The lowest BCUT2D eigenvalue weighted by Gasteiger charge is -2.37. The Morgan fingerprint density at radius 3 is 2.68 bits per heavy atom. The van der Waals surface area contributed by atoms with E-state index in [1.165, 1.54) is 19.7 Å². The monoisotopic (exact) mass is 372 g/mol. The van der Waals surface area contributed by atoms with Crippen molar-refractivity contribution < 1.29 is 9.90 Å². The molecule has 0 bridgehead atoms. The highest BCUT2D eigenvalue weighted by Gasteiger charge is 2.30. The molecule has 1 N–H and O–H groups in total. The van der Waals surface area contributed by atoms with Gasteiger partial charge >= 0.3 is 6.09 Å². The number of anilines is 1. The van der Waals surface area contributed by atoms with Gasteiger partial charge in [0.15, 0.2) is 0 Å². The fraction of sp³-hybridized carbons (Fsp3) is 0.500. The van der Waals surface area contributed by atoms with Crippen molar-refractivity contribution in [3.8, 4) is 0 Å². The smallest absolute Gasteiger partial charge is 0.407 e. The van der Waals surface area contributed by atoms with Crippen LogP contribution in [0.3, 0.4) is 0 Å². The number of nitrogens with zero attached hydrogens (tertiary/aromatic N) is 2. The summed E-state index contributed by atoms with van der Waals surface area (Å²) in [5.74, 6) is 0. The van der Waals surface area contributed by atoms with Gasteiger partial charge in [0.25, 0.3) is 0 Å². The highest BCUT2D eigenvalue weighted by Crippen LogP contribution is 2.33. The summed E-state index contributed by atoms with van der Waals surface area (Å²) in [4.78, 5) is 14.9. The number of carbonyl (C=O) groups is 1. The molecule has 0 aromatic heterocycles. The third-order valence-corrected chi connectivity index (χ3v) is 4.82. The molecule has 1 saturated heterocycles. The van der Waals surface area contributed by atoms with E-state index < -0.39 is 6.09 Å². The molecule has 1 fully saturated rings. The number of rotatable bonds is 1. The van der Waals surface area contributed by atoms with Crippen molar-refractivity contribution in [3.63, 3.8) is 0 Å². The molecule has 0 saturated carbocycles. The highest BCUT2D eigenvalue weighted by atomic mass is 127. The number of halogens is 1. The summed E-state index contributed by atoms with van der Waals surface area (Å²) < 4.78 is 1.29.